The number of rotatable bonds is 2. The number of carbonyl (C=O) groups is 1. The number of carboxylic acids is 1. The molecule has 1 heterocycles. The lowest BCUT2D eigenvalue weighted by Gasteiger charge is -2.08. The van der Waals surface area contributed by atoms with E-state index in [0.29, 0.717) is 12.1 Å². The van der Waals surface area contributed by atoms with Crippen LogP contribution in [-0.2, 0) is 0 Å². The van der Waals surface area contributed by atoms with Crippen molar-refractivity contribution in [1.29, 1.82) is 0 Å². The number of benzene rings is 1. The van der Waals surface area contributed by atoms with Crippen molar-refractivity contribution in [1.82, 2.24) is 9.97 Å². The molecule has 0 saturated heterocycles. The van der Waals surface area contributed by atoms with Gasteiger partial charge < -0.3 is 15.9 Å². The van der Waals surface area contributed by atoms with Crippen molar-refractivity contribution < 1.29 is 23.8 Å². The van der Waals surface area contributed by atoms with Crippen LogP contribution in [0.1, 0.15) is 10.5 Å². The van der Waals surface area contributed by atoms with Gasteiger partial charge >= 0.3 is 5.97 Å². The first-order valence-electron chi connectivity index (χ1n) is 5.16. The third kappa shape index (κ3) is 2.25. The Morgan fingerprint density at radius 3 is 2.50 bits per heavy atom. The van der Waals surface area contributed by atoms with Gasteiger partial charge in [0.1, 0.15) is 19.5 Å². The molecule has 0 atom stereocenters. The number of hydrogen-bond donors (Lipinski definition) is 3. The Hall–Kier alpha value is -2.71. The maximum Gasteiger partial charge on any atom is 0.358 e. The zero-order valence-electron chi connectivity index (χ0n) is 9.76. The van der Waals surface area contributed by atoms with Crippen LogP contribution in [0.3, 0.4) is 0 Å². The molecular formula is C11H6BF2N3O3. The predicted octanol–water partition coefficient (Wildman–Crippen LogP) is 0.202. The van der Waals surface area contributed by atoms with Gasteiger partial charge in [0.2, 0.25) is 0 Å². The summed E-state index contributed by atoms with van der Waals surface area (Å²) in [6.45, 7) is 0. The standard InChI is InChI=1S/C11H6BF2N3O3/c12-4-2-5(13)3(1-6(4)14)10-16-7(11(19)20)8(18)9(15)17-10/h1-2,18H,(H,19,20)(H2,15,16,17). The fraction of sp³-hybridized carbons (Fsp3) is 0. The van der Waals surface area contributed by atoms with Gasteiger partial charge in [0, 0.05) is 0 Å². The molecule has 0 saturated carbocycles. The Bertz CT molecular complexity index is 725. The number of carboxylic acid groups (broad SMARTS) is 1. The summed E-state index contributed by atoms with van der Waals surface area (Å²) in [5.74, 6) is -5.36. The molecule has 2 rings (SSSR count). The Labute approximate surface area is 112 Å². The SMILES string of the molecule is [B]c1cc(F)c(-c2nc(N)c(O)c(C(=O)O)n2)cc1F. The first kappa shape index (κ1) is 13.7. The number of anilines is 1. The Balaban J connectivity index is 2.71. The molecular weight excluding hydrogens is 271 g/mol. The molecule has 0 spiro atoms. The molecule has 1 aromatic heterocycles. The quantitative estimate of drug-likeness (QED) is 0.676. The van der Waals surface area contributed by atoms with Crippen molar-refractivity contribution in [3.05, 3.63) is 29.5 Å². The van der Waals surface area contributed by atoms with Crippen LogP contribution in [0.15, 0.2) is 12.1 Å². The highest BCUT2D eigenvalue weighted by Gasteiger charge is 2.20. The molecule has 0 bridgehead atoms. The minimum Gasteiger partial charge on any atom is -0.503 e. The van der Waals surface area contributed by atoms with Gasteiger partial charge in [-0.15, -0.1) is 0 Å². The van der Waals surface area contributed by atoms with Gasteiger partial charge in [-0.2, -0.15) is 0 Å². The maximum atomic E-state index is 13.7. The van der Waals surface area contributed by atoms with E-state index in [2.05, 4.69) is 9.97 Å². The molecule has 2 aromatic rings. The van der Waals surface area contributed by atoms with E-state index in [9.17, 15) is 18.7 Å². The van der Waals surface area contributed by atoms with Crippen molar-refractivity contribution in [3.8, 4) is 17.1 Å². The monoisotopic (exact) mass is 277 g/mol. The molecule has 2 radical (unpaired) electrons. The molecule has 6 nitrogen and oxygen atoms in total. The van der Waals surface area contributed by atoms with Crippen molar-refractivity contribution in [2.24, 2.45) is 0 Å². The summed E-state index contributed by atoms with van der Waals surface area (Å²) in [5, 5.41) is 18.2. The van der Waals surface area contributed by atoms with Crippen LogP contribution < -0.4 is 11.2 Å². The first-order valence-corrected chi connectivity index (χ1v) is 5.16. The molecule has 0 unspecified atom stereocenters. The third-order valence-electron chi connectivity index (χ3n) is 2.44. The predicted molar refractivity (Wildman–Crippen MR) is 65.8 cm³/mol. The highest BCUT2D eigenvalue weighted by atomic mass is 19.1. The molecule has 100 valence electrons. The van der Waals surface area contributed by atoms with Crippen LogP contribution in [0.5, 0.6) is 5.75 Å². The topological polar surface area (TPSA) is 109 Å². The number of nitrogen functional groups attached to an aromatic ring is 1. The second-order valence-electron chi connectivity index (χ2n) is 3.79. The van der Waals surface area contributed by atoms with Crippen molar-refractivity contribution >= 4 is 25.1 Å². The van der Waals surface area contributed by atoms with Crippen molar-refractivity contribution in [2.45, 2.75) is 0 Å². The number of aromatic carboxylic acids is 1. The second kappa shape index (κ2) is 4.76. The highest BCUT2D eigenvalue weighted by Crippen LogP contribution is 2.27. The first-order chi connectivity index (χ1) is 9.31. The zero-order valence-corrected chi connectivity index (χ0v) is 9.76. The molecule has 0 aliphatic heterocycles. The van der Waals surface area contributed by atoms with Gasteiger partial charge in [0.15, 0.2) is 23.1 Å². The van der Waals surface area contributed by atoms with Crippen LogP contribution in [0.4, 0.5) is 14.6 Å². The van der Waals surface area contributed by atoms with Gasteiger partial charge in [0.05, 0.1) is 5.56 Å². The minimum absolute atomic E-state index is 0.420. The largest absolute Gasteiger partial charge is 0.503 e. The minimum atomic E-state index is -1.59. The van der Waals surface area contributed by atoms with E-state index < -0.39 is 51.7 Å². The molecule has 0 aliphatic carbocycles. The van der Waals surface area contributed by atoms with Gasteiger partial charge in [0.25, 0.3) is 0 Å². The van der Waals surface area contributed by atoms with Crippen molar-refractivity contribution in [2.75, 3.05) is 5.73 Å². The van der Waals surface area contributed by atoms with Gasteiger partial charge in [-0.3, -0.25) is 0 Å². The smallest absolute Gasteiger partial charge is 0.358 e. The molecule has 1 aromatic carbocycles. The van der Waals surface area contributed by atoms with E-state index >= 15 is 0 Å². The van der Waals surface area contributed by atoms with Crippen LogP contribution >= 0.6 is 0 Å². The summed E-state index contributed by atoms with van der Waals surface area (Å²) in [6, 6.07) is 1.42. The summed E-state index contributed by atoms with van der Waals surface area (Å²) < 4.78 is 27.0. The van der Waals surface area contributed by atoms with E-state index in [-0.39, 0.29) is 0 Å². The second-order valence-corrected chi connectivity index (χ2v) is 3.79. The maximum absolute atomic E-state index is 13.7. The molecule has 0 fully saturated rings. The van der Waals surface area contributed by atoms with E-state index in [1.807, 2.05) is 0 Å². The molecule has 9 heteroatoms. The lowest BCUT2D eigenvalue weighted by molar-refractivity contribution is 0.0687. The summed E-state index contributed by atoms with van der Waals surface area (Å²) in [7, 11) is 5.19. The normalized spacial score (nSPS) is 10.5. The number of nitrogens with two attached hydrogens (primary N) is 1. The number of aromatic nitrogens is 2. The fourth-order valence-corrected chi connectivity index (χ4v) is 1.48. The van der Waals surface area contributed by atoms with E-state index in [1.165, 1.54) is 0 Å². The summed E-state index contributed by atoms with van der Waals surface area (Å²) in [6.07, 6.45) is 0. The molecule has 0 aliphatic rings. The number of aromatic hydroxyl groups is 1. The average molecular weight is 277 g/mol. The highest BCUT2D eigenvalue weighted by molar-refractivity contribution is 6.32. The van der Waals surface area contributed by atoms with Gasteiger partial charge in [-0.05, 0) is 12.1 Å². The summed E-state index contributed by atoms with van der Waals surface area (Å²) in [5.41, 5.74) is 3.65. The third-order valence-corrected chi connectivity index (χ3v) is 2.44. The van der Waals surface area contributed by atoms with Gasteiger partial charge in [-0.25, -0.2) is 23.5 Å². The number of nitrogens with zero attached hydrogens (tertiary/aromatic N) is 2. The Morgan fingerprint density at radius 1 is 1.25 bits per heavy atom. The molecule has 0 amide bonds. The van der Waals surface area contributed by atoms with Crippen LogP contribution in [0, 0.1) is 11.6 Å². The molecule has 4 N–H and O–H groups in total. The number of hydrogen-bond acceptors (Lipinski definition) is 5. The van der Waals surface area contributed by atoms with E-state index in [1.54, 1.807) is 0 Å². The van der Waals surface area contributed by atoms with E-state index in [4.69, 9.17) is 18.7 Å². The Kier molecular flexibility index (Phi) is 3.27. The lowest BCUT2D eigenvalue weighted by Crippen LogP contribution is -2.12. The fourth-order valence-electron chi connectivity index (χ4n) is 1.48. The lowest BCUT2D eigenvalue weighted by atomic mass is 9.94. The molecule has 20 heavy (non-hydrogen) atoms. The van der Waals surface area contributed by atoms with Crippen molar-refractivity contribution in [3.63, 3.8) is 0 Å². The van der Waals surface area contributed by atoms with Crippen LogP contribution in [0.2, 0.25) is 0 Å². The summed E-state index contributed by atoms with van der Waals surface area (Å²) in [4.78, 5) is 17.8. The average Bonchev–Trinajstić information content (AvgIpc) is 2.36. The zero-order chi connectivity index (χ0) is 15.0. The van der Waals surface area contributed by atoms with Gasteiger partial charge in [-0.1, -0.05) is 5.46 Å². The Morgan fingerprint density at radius 2 is 1.90 bits per heavy atom. The van der Waals surface area contributed by atoms with E-state index in [0.717, 1.165) is 0 Å². The van der Waals surface area contributed by atoms with Crippen LogP contribution in [0.25, 0.3) is 11.4 Å². The van der Waals surface area contributed by atoms with Crippen LogP contribution in [-0.4, -0.2) is 34.0 Å². The number of halogens is 2. The summed E-state index contributed by atoms with van der Waals surface area (Å²) >= 11 is 0.